The van der Waals surface area contributed by atoms with Crippen LogP contribution in [0.1, 0.15) is 44.4 Å². The lowest BCUT2D eigenvalue weighted by Gasteiger charge is -2.27. The molecule has 3 rings (SSSR count). The highest BCUT2D eigenvalue weighted by molar-refractivity contribution is 5.93. The number of nitrogens with zero attached hydrogens (tertiary/aromatic N) is 4. The predicted molar refractivity (Wildman–Crippen MR) is 160 cm³/mol. The van der Waals surface area contributed by atoms with Crippen molar-refractivity contribution in [1.82, 2.24) is 30.7 Å². The van der Waals surface area contributed by atoms with Gasteiger partial charge in [0.1, 0.15) is 54.7 Å². The van der Waals surface area contributed by atoms with Gasteiger partial charge in [0, 0.05) is 17.5 Å². The van der Waals surface area contributed by atoms with Crippen LogP contribution in [0.25, 0.3) is 11.8 Å². The minimum Gasteiger partial charge on any atom is -0.491 e. The Bertz CT molecular complexity index is 1540. The van der Waals surface area contributed by atoms with Crippen LogP contribution in [0.2, 0.25) is 0 Å². The first-order valence-electron chi connectivity index (χ1n) is 13.8. The lowest BCUT2D eigenvalue weighted by atomic mass is 9.94. The minimum atomic E-state index is -1.36. The number of carbonyl (C=O) groups is 3. The molecule has 0 saturated carbocycles. The van der Waals surface area contributed by atoms with Crippen LogP contribution in [-0.2, 0) is 20.9 Å². The average molecular weight is 606 g/mol. The largest absolute Gasteiger partial charge is 0.491 e. The molecule has 0 fully saturated rings. The number of halogens is 1. The first-order valence-corrected chi connectivity index (χ1v) is 13.8. The van der Waals surface area contributed by atoms with Crippen molar-refractivity contribution < 1.29 is 28.6 Å². The first-order chi connectivity index (χ1) is 20.8. The van der Waals surface area contributed by atoms with E-state index in [1.807, 2.05) is 6.07 Å². The Balaban J connectivity index is 1.81. The van der Waals surface area contributed by atoms with Crippen LogP contribution in [0.15, 0.2) is 55.1 Å². The van der Waals surface area contributed by atoms with Gasteiger partial charge in [-0.3, -0.25) is 14.4 Å². The highest BCUT2D eigenvalue weighted by Crippen LogP contribution is 2.18. The monoisotopic (exact) mass is 605 g/mol. The van der Waals surface area contributed by atoms with E-state index in [1.54, 1.807) is 70.2 Å². The third-order valence-electron chi connectivity index (χ3n) is 6.39. The lowest BCUT2D eigenvalue weighted by molar-refractivity contribution is -0.137. The van der Waals surface area contributed by atoms with Crippen LogP contribution in [-0.4, -0.2) is 62.4 Å². The predicted octanol–water partition coefficient (Wildman–Crippen LogP) is 2.34. The second-order valence-electron chi connectivity index (χ2n) is 11.2. The Labute approximate surface area is 254 Å². The molecular weight excluding hydrogens is 569 g/mol. The minimum absolute atomic E-state index is 0.155. The maximum Gasteiger partial charge on any atom is 0.246 e. The summed E-state index contributed by atoms with van der Waals surface area (Å²) in [5, 5.41) is 31.4. The molecule has 3 unspecified atom stereocenters. The molecule has 0 spiro atoms. The van der Waals surface area contributed by atoms with Gasteiger partial charge in [-0.15, -0.1) is 0 Å². The summed E-state index contributed by atoms with van der Waals surface area (Å²) in [7, 11) is 0. The molecule has 0 radical (unpaired) electrons. The van der Waals surface area contributed by atoms with Crippen LogP contribution in [0, 0.1) is 29.5 Å². The van der Waals surface area contributed by atoms with E-state index in [4.69, 9.17) is 4.74 Å². The number of aliphatic hydroxyl groups is 1. The summed E-state index contributed by atoms with van der Waals surface area (Å²) < 4.78 is 21.6. The van der Waals surface area contributed by atoms with Gasteiger partial charge >= 0.3 is 0 Å². The van der Waals surface area contributed by atoms with Gasteiger partial charge in [-0.25, -0.2) is 14.1 Å². The summed E-state index contributed by atoms with van der Waals surface area (Å²) in [6.07, 6.45) is 2.96. The Morgan fingerprint density at radius 2 is 1.91 bits per heavy atom. The molecule has 0 saturated heterocycles. The zero-order valence-corrected chi connectivity index (χ0v) is 25.2. The van der Waals surface area contributed by atoms with Gasteiger partial charge in [-0.1, -0.05) is 45.0 Å². The van der Waals surface area contributed by atoms with Crippen molar-refractivity contribution in [2.24, 2.45) is 5.41 Å². The zero-order chi connectivity index (χ0) is 32.4. The van der Waals surface area contributed by atoms with Gasteiger partial charge in [0.15, 0.2) is 0 Å². The van der Waals surface area contributed by atoms with E-state index in [0.29, 0.717) is 11.3 Å². The number of benzene rings is 2. The fraction of sp³-hybridized carbons (Fsp3) is 0.355. The van der Waals surface area contributed by atoms with Gasteiger partial charge in [0.25, 0.3) is 0 Å². The number of rotatable bonds is 12. The maximum atomic E-state index is 14.4. The highest BCUT2D eigenvalue weighted by Gasteiger charge is 2.33. The molecule has 1 aromatic heterocycles. The number of allylic oxidation sites excluding steroid dienone is 1. The lowest BCUT2D eigenvalue weighted by Crippen LogP contribution is -2.59. The summed E-state index contributed by atoms with van der Waals surface area (Å²) in [6.45, 7) is 7.54. The summed E-state index contributed by atoms with van der Waals surface area (Å²) in [4.78, 5) is 42.9. The van der Waals surface area contributed by atoms with Crippen molar-refractivity contribution in [3.8, 4) is 11.8 Å². The number of carbonyl (C=O) groups excluding carboxylic acids is 3. The van der Waals surface area contributed by atoms with E-state index in [1.165, 1.54) is 30.3 Å². The molecule has 13 heteroatoms. The number of ether oxygens (including phenoxy) is 1. The summed E-state index contributed by atoms with van der Waals surface area (Å²) in [5.74, 6) is -2.14. The van der Waals surface area contributed by atoms with Gasteiger partial charge in [0.2, 0.25) is 17.7 Å². The topological polar surface area (TPSA) is 171 Å². The number of nitriles is 1. The Hall–Kier alpha value is -5.09. The van der Waals surface area contributed by atoms with Gasteiger partial charge < -0.3 is 25.8 Å². The molecule has 0 aliphatic heterocycles. The Kier molecular flexibility index (Phi) is 11.3. The van der Waals surface area contributed by atoms with E-state index in [9.17, 15) is 29.1 Å². The normalized spacial score (nSPS) is 13.6. The van der Waals surface area contributed by atoms with E-state index >= 15 is 0 Å². The molecular formula is C31H36FN7O5. The fourth-order valence-electron chi connectivity index (χ4n) is 3.82. The number of hydrogen-bond acceptors (Lipinski definition) is 8. The third kappa shape index (κ3) is 9.47. The van der Waals surface area contributed by atoms with Crippen molar-refractivity contribution >= 4 is 29.5 Å². The van der Waals surface area contributed by atoms with Crippen molar-refractivity contribution in [2.75, 3.05) is 6.61 Å². The third-order valence-corrected chi connectivity index (χ3v) is 6.39. The Morgan fingerprint density at radius 1 is 1.16 bits per heavy atom. The van der Waals surface area contributed by atoms with Crippen molar-refractivity contribution in [3.63, 3.8) is 0 Å². The van der Waals surface area contributed by atoms with Crippen molar-refractivity contribution in [2.45, 2.75) is 59.4 Å². The molecule has 3 atom stereocenters. The molecule has 232 valence electrons. The molecule has 3 aromatic rings. The van der Waals surface area contributed by atoms with Crippen LogP contribution >= 0.6 is 0 Å². The van der Waals surface area contributed by atoms with Crippen LogP contribution in [0.5, 0.6) is 5.75 Å². The number of hydrogen-bond donors (Lipinski definition) is 4. The number of aromatic nitrogens is 3. The molecule has 2 aromatic carbocycles. The summed E-state index contributed by atoms with van der Waals surface area (Å²) in [6, 6.07) is 10.6. The standard InChI is InChI=1S/C31H36FN7O5/c1-19-9-10-22(25(32)11-19)15-35-28(41)26(37-29(42)27(20(2)40)38-30(43)31(3,4)5)16-44-24-8-6-7-21(13-24)12-23(14-33)39-18-34-17-36-39/h6-13,17-18,20,26-27,40H,15-16H2,1-5H3,(H,35,41)(H,37,42)(H,38,43). The molecule has 12 nitrogen and oxygen atoms in total. The first kappa shape index (κ1) is 33.4. The highest BCUT2D eigenvalue weighted by atomic mass is 19.1. The summed E-state index contributed by atoms with van der Waals surface area (Å²) >= 11 is 0. The van der Waals surface area contributed by atoms with Crippen LogP contribution in [0.3, 0.4) is 0 Å². The van der Waals surface area contributed by atoms with Gasteiger partial charge in [0.05, 0.1) is 6.10 Å². The second kappa shape index (κ2) is 14.9. The number of aryl methyl sites for hydroxylation is 1. The smallest absolute Gasteiger partial charge is 0.246 e. The molecule has 3 amide bonds. The van der Waals surface area contributed by atoms with E-state index in [0.717, 1.165) is 5.56 Å². The Morgan fingerprint density at radius 3 is 2.52 bits per heavy atom. The average Bonchev–Trinajstić information content (AvgIpc) is 3.50. The van der Waals surface area contributed by atoms with E-state index in [2.05, 4.69) is 26.0 Å². The SMILES string of the molecule is Cc1ccc(CNC(=O)C(COc2cccc(C=C(C#N)n3cncn3)c2)NC(=O)C(NC(=O)C(C)(C)C)C(C)O)c(F)c1. The van der Waals surface area contributed by atoms with Gasteiger partial charge in [-0.05, 0) is 49.2 Å². The molecule has 0 bridgehead atoms. The molecule has 4 N–H and O–H groups in total. The quantitative estimate of drug-likeness (QED) is 0.228. The van der Waals surface area contributed by atoms with E-state index < -0.39 is 47.1 Å². The molecule has 1 heterocycles. The number of nitrogens with one attached hydrogen (secondary N) is 3. The fourth-order valence-corrected chi connectivity index (χ4v) is 3.82. The van der Waals surface area contributed by atoms with Crippen LogP contribution in [0.4, 0.5) is 4.39 Å². The van der Waals surface area contributed by atoms with Crippen LogP contribution < -0.4 is 20.7 Å². The number of aliphatic hydroxyl groups excluding tert-OH is 1. The summed E-state index contributed by atoms with van der Waals surface area (Å²) in [5.41, 5.74) is 0.916. The zero-order valence-electron chi connectivity index (χ0n) is 25.2. The van der Waals surface area contributed by atoms with Crippen molar-refractivity contribution in [1.29, 1.82) is 5.26 Å². The molecule has 0 aliphatic rings. The van der Waals surface area contributed by atoms with Gasteiger partial charge in [-0.2, -0.15) is 10.4 Å². The molecule has 0 aliphatic carbocycles. The second-order valence-corrected chi connectivity index (χ2v) is 11.2. The van der Waals surface area contributed by atoms with E-state index in [-0.39, 0.29) is 24.4 Å². The number of amides is 3. The maximum absolute atomic E-state index is 14.4. The molecule has 44 heavy (non-hydrogen) atoms. The van der Waals surface area contributed by atoms with Crippen molar-refractivity contribution in [3.05, 3.63) is 77.6 Å².